The first-order valence-corrected chi connectivity index (χ1v) is 16.7. The standard InChI is InChI=1S/C33H44ClN9O6/c1-19(2)15-26-31(46)35-10-13-42(33(48)28-20(3)36-18-37-21(28)4)12-9-24-17-43(41-40-24)11-6-14-49-27-8-7-23(16-25(27)34)30(45)39-29(22(5)44)32(47)38-26/h7-8,16-19,22,26,29,44H,6,9-15H2,1-5H3,(H,35,46)(H,38,47)(H,39,45)/t22-,26-,29+/m1/s1. The van der Waals surface area contributed by atoms with Crippen molar-refractivity contribution < 1.29 is 29.0 Å². The molecular weight excluding hydrogens is 654 g/mol. The minimum atomic E-state index is -1.36. The second kappa shape index (κ2) is 17.2. The van der Waals surface area contributed by atoms with E-state index in [9.17, 15) is 24.3 Å². The second-order valence-electron chi connectivity index (χ2n) is 12.5. The Balaban J connectivity index is 1.61. The number of hydrogen-bond donors (Lipinski definition) is 4. The van der Waals surface area contributed by atoms with E-state index < -0.39 is 35.9 Å². The van der Waals surface area contributed by atoms with Crippen molar-refractivity contribution in [2.45, 2.75) is 78.6 Å². The Morgan fingerprint density at radius 2 is 1.80 bits per heavy atom. The zero-order valence-electron chi connectivity index (χ0n) is 28.4. The maximum Gasteiger partial charge on any atom is 0.257 e. The molecule has 0 saturated carbocycles. The van der Waals surface area contributed by atoms with E-state index >= 15 is 0 Å². The fourth-order valence-electron chi connectivity index (χ4n) is 5.39. The Morgan fingerprint density at radius 1 is 1.06 bits per heavy atom. The van der Waals surface area contributed by atoms with Gasteiger partial charge in [0.1, 0.15) is 24.2 Å². The lowest BCUT2D eigenvalue weighted by atomic mass is 10.0. The molecule has 2 aliphatic heterocycles. The molecule has 5 rings (SSSR count). The van der Waals surface area contributed by atoms with Crippen LogP contribution >= 0.6 is 11.6 Å². The molecule has 15 nitrogen and oxygen atoms in total. The van der Waals surface area contributed by atoms with Crippen LogP contribution in [0, 0.1) is 19.8 Å². The van der Waals surface area contributed by atoms with Crippen molar-refractivity contribution in [3.8, 4) is 5.75 Å². The monoisotopic (exact) mass is 697 g/mol. The van der Waals surface area contributed by atoms with Crippen LogP contribution in [0.4, 0.5) is 0 Å². The molecule has 3 aromatic rings. The number of aliphatic hydroxyl groups excluding tert-OH is 1. The lowest BCUT2D eigenvalue weighted by Crippen LogP contribution is -2.57. The molecule has 2 aliphatic rings. The van der Waals surface area contributed by atoms with Gasteiger partial charge >= 0.3 is 0 Å². The molecule has 0 spiro atoms. The zero-order valence-corrected chi connectivity index (χ0v) is 29.2. The summed E-state index contributed by atoms with van der Waals surface area (Å²) in [6.07, 6.45) is 3.21. The van der Waals surface area contributed by atoms with Gasteiger partial charge in [0.15, 0.2) is 0 Å². The van der Waals surface area contributed by atoms with Gasteiger partial charge in [-0.05, 0) is 51.3 Å². The third kappa shape index (κ3) is 10.2. The van der Waals surface area contributed by atoms with Crippen molar-refractivity contribution in [3.05, 3.63) is 64.0 Å². The van der Waals surface area contributed by atoms with E-state index in [1.165, 1.54) is 25.4 Å². The molecule has 4 N–H and O–H groups in total. The first kappa shape index (κ1) is 37.2. The second-order valence-corrected chi connectivity index (χ2v) is 12.9. The Labute approximate surface area is 290 Å². The summed E-state index contributed by atoms with van der Waals surface area (Å²) in [5, 5.41) is 27.2. The summed E-state index contributed by atoms with van der Waals surface area (Å²) in [6, 6.07) is 2.14. The van der Waals surface area contributed by atoms with Gasteiger partial charge in [0, 0.05) is 50.8 Å². The fourth-order valence-corrected chi connectivity index (χ4v) is 5.62. The fraction of sp³-hybridized carbons (Fsp3) is 0.515. The number of aromatic nitrogens is 5. The van der Waals surface area contributed by atoms with Gasteiger partial charge in [-0.25, -0.2) is 9.97 Å². The van der Waals surface area contributed by atoms with Crippen LogP contribution in [0.2, 0.25) is 5.02 Å². The van der Waals surface area contributed by atoms with E-state index in [0.29, 0.717) is 54.4 Å². The van der Waals surface area contributed by atoms with Crippen LogP contribution in [0.3, 0.4) is 0 Å². The maximum absolute atomic E-state index is 13.8. The van der Waals surface area contributed by atoms with Crippen molar-refractivity contribution in [3.63, 3.8) is 0 Å². The lowest BCUT2D eigenvalue weighted by Gasteiger charge is -2.27. The van der Waals surface area contributed by atoms with Crippen LogP contribution in [0.25, 0.3) is 0 Å². The molecule has 4 bridgehead atoms. The van der Waals surface area contributed by atoms with E-state index in [4.69, 9.17) is 16.3 Å². The molecule has 2 aromatic heterocycles. The minimum absolute atomic E-state index is 0.0147. The summed E-state index contributed by atoms with van der Waals surface area (Å²) in [4.78, 5) is 63.8. The molecule has 0 unspecified atom stereocenters. The van der Waals surface area contributed by atoms with E-state index in [2.05, 4.69) is 36.2 Å². The average molecular weight is 698 g/mol. The first-order chi connectivity index (χ1) is 23.3. The molecular formula is C33H44ClN9O6. The number of nitrogens with one attached hydrogen (secondary N) is 3. The molecule has 0 radical (unpaired) electrons. The Kier molecular flexibility index (Phi) is 13.0. The predicted octanol–water partition coefficient (Wildman–Crippen LogP) is 1.63. The smallest absolute Gasteiger partial charge is 0.257 e. The van der Waals surface area contributed by atoms with Gasteiger partial charge in [0.2, 0.25) is 11.8 Å². The predicted molar refractivity (Wildman–Crippen MR) is 180 cm³/mol. The highest BCUT2D eigenvalue weighted by molar-refractivity contribution is 6.32. The average Bonchev–Trinajstić information content (AvgIpc) is 3.50. The molecule has 49 heavy (non-hydrogen) atoms. The third-order valence-electron chi connectivity index (χ3n) is 8.01. The van der Waals surface area contributed by atoms with Gasteiger partial charge in [-0.1, -0.05) is 30.7 Å². The van der Waals surface area contributed by atoms with Crippen molar-refractivity contribution in [1.82, 2.24) is 45.8 Å². The quantitative estimate of drug-likeness (QED) is 0.291. The Hall–Kier alpha value is -4.63. The highest BCUT2D eigenvalue weighted by atomic mass is 35.5. The van der Waals surface area contributed by atoms with E-state index in [1.54, 1.807) is 29.5 Å². The molecule has 0 aliphatic carbocycles. The van der Waals surface area contributed by atoms with Crippen LogP contribution < -0.4 is 20.7 Å². The Morgan fingerprint density at radius 3 is 2.47 bits per heavy atom. The minimum Gasteiger partial charge on any atom is -0.492 e. The van der Waals surface area contributed by atoms with Gasteiger partial charge in [-0.2, -0.15) is 0 Å². The maximum atomic E-state index is 13.8. The largest absolute Gasteiger partial charge is 0.492 e. The van der Waals surface area contributed by atoms with E-state index in [1.807, 2.05) is 20.0 Å². The van der Waals surface area contributed by atoms with E-state index in [-0.39, 0.29) is 48.5 Å². The molecule has 1 aromatic carbocycles. The van der Waals surface area contributed by atoms with Crippen LogP contribution in [0.1, 0.15) is 71.4 Å². The van der Waals surface area contributed by atoms with Gasteiger partial charge < -0.3 is 30.7 Å². The number of rotatable bonds is 4. The van der Waals surface area contributed by atoms with Gasteiger partial charge in [0.05, 0.1) is 40.4 Å². The summed E-state index contributed by atoms with van der Waals surface area (Å²) in [7, 11) is 0. The molecule has 4 amide bonds. The molecule has 16 heteroatoms. The molecule has 264 valence electrons. The van der Waals surface area contributed by atoms with Crippen LogP contribution in [0.15, 0.2) is 30.7 Å². The third-order valence-corrected chi connectivity index (χ3v) is 8.30. The highest BCUT2D eigenvalue weighted by Crippen LogP contribution is 2.26. The van der Waals surface area contributed by atoms with Crippen molar-refractivity contribution in [2.75, 3.05) is 26.2 Å². The van der Waals surface area contributed by atoms with E-state index in [0.717, 1.165) is 0 Å². The summed E-state index contributed by atoms with van der Waals surface area (Å²) in [6.45, 7) is 10.00. The number of benzene rings is 1. The number of aliphatic hydroxyl groups is 1. The highest BCUT2D eigenvalue weighted by Gasteiger charge is 2.31. The van der Waals surface area contributed by atoms with Gasteiger partial charge in [0.25, 0.3) is 11.8 Å². The number of fused-ring (bicyclic) bond motifs is 17. The molecule has 4 heterocycles. The van der Waals surface area contributed by atoms with Crippen molar-refractivity contribution in [2.24, 2.45) is 5.92 Å². The lowest BCUT2D eigenvalue weighted by molar-refractivity contribution is -0.131. The number of hydrogen-bond acceptors (Lipinski definition) is 10. The SMILES string of the molecule is Cc1ncnc(C)c1C(=O)N1CCNC(=O)[C@@H](CC(C)C)NC(=O)[C@H]([C@@H](C)O)NC(=O)c2ccc(c(Cl)c2)OCCCn2cc(nn2)CC1. The molecule has 0 saturated heterocycles. The first-order valence-electron chi connectivity index (χ1n) is 16.3. The molecule has 0 fully saturated rings. The number of carbonyl (C=O) groups is 4. The van der Waals surface area contributed by atoms with Gasteiger partial charge in [-0.15, -0.1) is 5.10 Å². The summed E-state index contributed by atoms with van der Waals surface area (Å²) in [5.74, 6) is -1.75. The van der Waals surface area contributed by atoms with Crippen molar-refractivity contribution >= 4 is 35.2 Å². The Bertz CT molecular complexity index is 1630. The summed E-state index contributed by atoms with van der Waals surface area (Å²) < 4.78 is 7.52. The summed E-state index contributed by atoms with van der Waals surface area (Å²) >= 11 is 6.41. The zero-order chi connectivity index (χ0) is 35.7. The molecule has 3 atom stereocenters. The summed E-state index contributed by atoms with van der Waals surface area (Å²) in [5.41, 5.74) is 2.30. The number of halogens is 1. The van der Waals surface area contributed by atoms with Gasteiger partial charge in [-0.3, -0.25) is 23.9 Å². The van der Waals surface area contributed by atoms with Crippen LogP contribution in [-0.4, -0.2) is 103 Å². The number of amides is 4. The number of aryl methyl sites for hydroxylation is 3. The van der Waals surface area contributed by atoms with Crippen molar-refractivity contribution in [1.29, 1.82) is 0 Å². The number of ether oxygens (including phenoxy) is 1. The van der Waals surface area contributed by atoms with Crippen LogP contribution in [-0.2, 0) is 22.6 Å². The normalized spacial score (nSPS) is 19.3. The topological polar surface area (TPSA) is 194 Å². The number of carbonyl (C=O) groups excluding carboxylic acids is 4. The number of nitrogens with zero attached hydrogens (tertiary/aromatic N) is 6. The van der Waals surface area contributed by atoms with Crippen LogP contribution in [0.5, 0.6) is 5.75 Å².